The van der Waals surface area contributed by atoms with E-state index >= 15 is 0 Å². The van der Waals surface area contributed by atoms with Gasteiger partial charge < -0.3 is 15.1 Å². The minimum Gasteiger partial charge on any atom is -0.451 e. The lowest BCUT2D eigenvalue weighted by atomic mass is 10.1. The van der Waals surface area contributed by atoms with Gasteiger partial charge in [-0.15, -0.1) is 0 Å². The van der Waals surface area contributed by atoms with Gasteiger partial charge in [0, 0.05) is 22.3 Å². The highest BCUT2D eigenvalue weighted by atomic mass is 32.1. The van der Waals surface area contributed by atoms with E-state index in [1.54, 1.807) is 36.4 Å². The lowest BCUT2D eigenvalue weighted by Crippen LogP contribution is -2.34. The predicted octanol–water partition coefficient (Wildman–Crippen LogP) is 5.43. The molecule has 0 saturated heterocycles. The van der Waals surface area contributed by atoms with Crippen molar-refractivity contribution in [3.8, 4) is 0 Å². The number of para-hydroxylation sites is 1. The van der Waals surface area contributed by atoms with Crippen molar-refractivity contribution in [1.82, 2.24) is 5.32 Å². The minimum atomic E-state index is -0.357. The van der Waals surface area contributed by atoms with E-state index in [2.05, 4.69) is 16.0 Å². The van der Waals surface area contributed by atoms with Gasteiger partial charge in [0.1, 0.15) is 5.58 Å². The van der Waals surface area contributed by atoms with Crippen molar-refractivity contribution in [1.29, 1.82) is 0 Å². The van der Waals surface area contributed by atoms with Crippen LogP contribution in [0.25, 0.3) is 11.0 Å². The van der Waals surface area contributed by atoms with E-state index in [4.69, 9.17) is 16.6 Å². The molecule has 4 rings (SSSR count). The highest BCUT2D eigenvalue weighted by Crippen LogP contribution is 2.21. The van der Waals surface area contributed by atoms with Crippen LogP contribution in [-0.2, 0) is 0 Å². The number of nitrogens with one attached hydrogen (secondary N) is 3. The third-order valence-corrected chi connectivity index (χ3v) is 5.23. The standard InChI is InChI=1S/C25H21N3O3S/c1-15-10-11-18(12-16(15)2)23(29)28-25(32)27-20-8-5-7-19(14-20)26-24(30)22-13-17-6-3-4-9-21(17)31-22/h3-14H,1-2H3,(H,26,30)(H2,27,28,29,32). The largest absolute Gasteiger partial charge is 0.451 e. The summed E-state index contributed by atoms with van der Waals surface area (Å²) in [6.45, 7) is 3.94. The maximum Gasteiger partial charge on any atom is 0.291 e. The number of hydrogen-bond acceptors (Lipinski definition) is 4. The summed E-state index contributed by atoms with van der Waals surface area (Å²) in [4.78, 5) is 25.0. The smallest absolute Gasteiger partial charge is 0.291 e. The van der Waals surface area contributed by atoms with Crippen molar-refractivity contribution in [3.63, 3.8) is 0 Å². The Morgan fingerprint density at radius 1 is 0.781 bits per heavy atom. The molecule has 0 saturated carbocycles. The van der Waals surface area contributed by atoms with E-state index in [0.29, 0.717) is 22.5 Å². The zero-order valence-corrected chi connectivity index (χ0v) is 18.4. The molecule has 3 aromatic carbocycles. The molecule has 0 spiro atoms. The number of thiocarbonyl (C=S) groups is 1. The molecule has 6 nitrogen and oxygen atoms in total. The molecule has 2 amide bonds. The van der Waals surface area contributed by atoms with Gasteiger partial charge >= 0.3 is 0 Å². The molecule has 0 aliphatic carbocycles. The highest BCUT2D eigenvalue weighted by molar-refractivity contribution is 7.80. The Balaban J connectivity index is 1.39. The van der Waals surface area contributed by atoms with Crippen molar-refractivity contribution in [2.75, 3.05) is 10.6 Å². The Bertz CT molecular complexity index is 1310. The number of anilines is 2. The van der Waals surface area contributed by atoms with Gasteiger partial charge in [-0.25, -0.2) is 0 Å². The van der Waals surface area contributed by atoms with E-state index in [1.807, 2.05) is 50.2 Å². The number of carbonyl (C=O) groups is 2. The van der Waals surface area contributed by atoms with Gasteiger partial charge in [0.05, 0.1) is 0 Å². The van der Waals surface area contributed by atoms with Crippen molar-refractivity contribution in [3.05, 3.63) is 95.2 Å². The summed E-state index contributed by atoms with van der Waals surface area (Å²) in [6, 6.07) is 21.6. The van der Waals surface area contributed by atoms with E-state index in [-0.39, 0.29) is 22.7 Å². The van der Waals surface area contributed by atoms with Crippen LogP contribution < -0.4 is 16.0 Å². The number of aryl methyl sites for hydroxylation is 2. The van der Waals surface area contributed by atoms with E-state index in [0.717, 1.165) is 16.5 Å². The number of furan rings is 1. The quantitative estimate of drug-likeness (QED) is 0.367. The summed E-state index contributed by atoms with van der Waals surface area (Å²) in [6.07, 6.45) is 0. The maximum absolute atomic E-state index is 12.6. The van der Waals surface area contributed by atoms with Gasteiger partial charge in [-0.1, -0.05) is 30.3 Å². The molecule has 32 heavy (non-hydrogen) atoms. The Labute approximate surface area is 190 Å². The Kier molecular flexibility index (Phi) is 6.00. The van der Waals surface area contributed by atoms with Gasteiger partial charge in [-0.05, 0) is 79.7 Å². The Morgan fingerprint density at radius 2 is 1.53 bits per heavy atom. The molecule has 7 heteroatoms. The number of rotatable bonds is 4. The van der Waals surface area contributed by atoms with Crippen LogP contribution in [0.4, 0.5) is 11.4 Å². The molecule has 0 aliphatic heterocycles. The van der Waals surface area contributed by atoms with E-state index < -0.39 is 0 Å². The fourth-order valence-electron chi connectivity index (χ4n) is 3.18. The number of amides is 2. The van der Waals surface area contributed by atoms with Gasteiger partial charge in [0.15, 0.2) is 10.9 Å². The molecule has 0 unspecified atom stereocenters. The predicted molar refractivity (Wildman–Crippen MR) is 130 cm³/mol. The SMILES string of the molecule is Cc1ccc(C(=O)NC(=S)Nc2cccc(NC(=O)c3cc4ccccc4o3)c2)cc1C. The number of carbonyl (C=O) groups excluding carboxylic acids is 2. The third-order valence-electron chi connectivity index (χ3n) is 5.02. The first-order valence-electron chi connectivity index (χ1n) is 9.98. The van der Waals surface area contributed by atoms with Crippen LogP contribution in [0.5, 0.6) is 0 Å². The molecule has 0 aliphatic rings. The summed E-state index contributed by atoms with van der Waals surface area (Å²) >= 11 is 5.27. The Morgan fingerprint density at radius 3 is 2.28 bits per heavy atom. The lowest BCUT2D eigenvalue weighted by molar-refractivity contribution is 0.0975. The topological polar surface area (TPSA) is 83.4 Å². The van der Waals surface area contributed by atoms with Crippen molar-refractivity contribution in [2.24, 2.45) is 0 Å². The van der Waals surface area contributed by atoms with Crippen LogP contribution in [-0.4, -0.2) is 16.9 Å². The summed E-state index contributed by atoms with van der Waals surface area (Å²) in [5.74, 6) is -0.426. The minimum absolute atomic E-state index is 0.161. The van der Waals surface area contributed by atoms with Gasteiger partial charge in [-0.3, -0.25) is 14.9 Å². The fraction of sp³-hybridized carbons (Fsp3) is 0.0800. The average molecular weight is 444 g/mol. The normalized spacial score (nSPS) is 10.6. The van der Waals surface area contributed by atoms with Crippen molar-refractivity contribution < 1.29 is 14.0 Å². The first-order chi connectivity index (χ1) is 15.4. The molecular weight excluding hydrogens is 422 g/mol. The molecule has 0 fully saturated rings. The first-order valence-corrected chi connectivity index (χ1v) is 10.4. The number of benzene rings is 3. The second kappa shape index (κ2) is 9.03. The second-order valence-corrected chi connectivity index (χ2v) is 7.80. The van der Waals surface area contributed by atoms with Crippen molar-refractivity contribution in [2.45, 2.75) is 13.8 Å². The zero-order chi connectivity index (χ0) is 22.7. The van der Waals surface area contributed by atoms with Crippen LogP contribution in [0, 0.1) is 13.8 Å². The molecule has 160 valence electrons. The number of hydrogen-bond donors (Lipinski definition) is 3. The molecule has 0 radical (unpaired) electrons. The summed E-state index contributed by atoms with van der Waals surface area (Å²) < 4.78 is 5.60. The van der Waals surface area contributed by atoms with Crippen LogP contribution in [0.3, 0.4) is 0 Å². The first kappa shape index (κ1) is 21.3. The molecule has 1 heterocycles. The third kappa shape index (κ3) is 4.84. The fourth-order valence-corrected chi connectivity index (χ4v) is 3.39. The monoisotopic (exact) mass is 443 g/mol. The molecular formula is C25H21N3O3S. The zero-order valence-electron chi connectivity index (χ0n) is 17.6. The average Bonchev–Trinajstić information content (AvgIpc) is 3.20. The summed E-state index contributed by atoms with van der Waals surface area (Å²) in [5, 5.41) is 9.47. The molecule has 1 aromatic heterocycles. The van der Waals surface area contributed by atoms with E-state index in [1.165, 1.54) is 0 Å². The molecule has 0 atom stereocenters. The summed E-state index contributed by atoms with van der Waals surface area (Å²) in [5.41, 5.74) is 4.51. The van der Waals surface area contributed by atoms with Gasteiger partial charge in [0.25, 0.3) is 11.8 Å². The van der Waals surface area contributed by atoms with Crippen LogP contribution in [0.15, 0.2) is 77.2 Å². The summed E-state index contributed by atoms with van der Waals surface area (Å²) in [7, 11) is 0. The van der Waals surface area contributed by atoms with Crippen LogP contribution in [0.2, 0.25) is 0 Å². The second-order valence-electron chi connectivity index (χ2n) is 7.39. The van der Waals surface area contributed by atoms with E-state index in [9.17, 15) is 9.59 Å². The highest BCUT2D eigenvalue weighted by Gasteiger charge is 2.13. The van der Waals surface area contributed by atoms with Gasteiger partial charge in [-0.2, -0.15) is 0 Å². The Hall–Kier alpha value is -3.97. The molecule has 3 N–H and O–H groups in total. The lowest BCUT2D eigenvalue weighted by Gasteiger charge is -2.12. The maximum atomic E-state index is 12.6. The number of fused-ring (bicyclic) bond motifs is 1. The van der Waals surface area contributed by atoms with Crippen molar-refractivity contribution >= 4 is 51.5 Å². The van der Waals surface area contributed by atoms with Gasteiger partial charge in [0.2, 0.25) is 0 Å². The molecule has 0 bridgehead atoms. The van der Waals surface area contributed by atoms with Crippen LogP contribution in [0.1, 0.15) is 32.0 Å². The molecule has 4 aromatic rings. The van der Waals surface area contributed by atoms with Crippen LogP contribution >= 0.6 is 12.2 Å².